The fourth-order valence-corrected chi connectivity index (χ4v) is 6.22. The Morgan fingerprint density at radius 2 is 2.06 bits per heavy atom. The van der Waals surface area contributed by atoms with Gasteiger partial charge in [-0.2, -0.15) is 0 Å². The zero-order chi connectivity index (χ0) is 22.4. The molecule has 0 bridgehead atoms. The summed E-state index contributed by atoms with van der Waals surface area (Å²) >= 11 is 2.13. The van der Waals surface area contributed by atoms with Crippen molar-refractivity contribution in [3.05, 3.63) is 28.2 Å². The highest BCUT2D eigenvalue weighted by molar-refractivity contribution is 9.10. The van der Waals surface area contributed by atoms with Crippen LogP contribution in [0, 0.1) is 5.92 Å². The topological polar surface area (TPSA) is 89.1 Å². The van der Waals surface area contributed by atoms with E-state index in [1.807, 2.05) is 39.0 Å². The summed E-state index contributed by atoms with van der Waals surface area (Å²) < 4.78 is 40.6. The standard InChI is InChI=1S/C22H30BrNO6S/c1-20(2,3)31(26)24-22(13-19(25)27-4)15-7-8-21(28-9-10-29-21)12-18(15)30-17-6-5-14(23)11-16(17)22/h5-6,11,15,18,24H,7-10,12-13H2,1-4H3. The van der Waals surface area contributed by atoms with E-state index in [4.69, 9.17) is 18.9 Å². The third-order valence-electron chi connectivity index (χ3n) is 6.43. The van der Waals surface area contributed by atoms with Crippen LogP contribution in [0.2, 0.25) is 0 Å². The lowest BCUT2D eigenvalue weighted by Gasteiger charge is -2.53. The summed E-state index contributed by atoms with van der Waals surface area (Å²) in [6, 6.07) is 5.75. The van der Waals surface area contributed by atoms with Crippen LogP contribution in [-0.2, 0) is 35.9 Å². The van der Waals surface area contributed by atoms with Crippen LogP contribution in [0.25, 0.3) is 0 Å². The molecule has 2 fully saturated rings. The van der Waals surface area contributed by atoms with Crippen molar-refractivity contribution in [2.75, 3.05) is 20.3 Å². The van der Waals surface area contributed by atoms with E-state index in [1.54, 1.807) is 0 Å². The molecule has 7 nitrogen and oxygen atoms in total. The smallest absolute Gasteiger partial charge is 0.307 e. The van der Waals surface area contributed by atoms with E-state index in [-0.39, 0.29) is 24.4 Å². The van der Waals surface area contributed by atoms with Gasteiger partial charge in [0.15, 0.2) is 5.79 Å². The molecule has 31 heavy (non-hydrogen) atoms. The third-order valence-corrected chi connectivity index (χ3v) is 8.58. The van der Waals surface area contributed by atoms with Gasteiger partial charge in [-0.05, 0) is 45.4 Å². The van der Waals surface area contributed by atoms with Gasteiger partial charge in [0.25, 0.3) is 0 Å². The Hall–Kier alpha value is -0.840. The highest BCUT2D eigenvalue weighted by Crippen LogP contribution is 2.54. The third kappa shape index (κ3) is 4.37. The number of rotatable bonds is 4. The lowest BCUT2D eigenvalue weighted by atomic mass is 9.65. The van der Waals surface area contributed by atoms with E-state index >= 15 is 0 Å². The second kappa shape index (κ2) is 8.50. The van der Waals surface area contributed by atoms with Crippen LogP contribution in [0.4, 0.5) is 0 Å². The molecular weight excluding hydrogens is 486 g/mol. The second-order valence-electron chi connectivity index (χ2n) is 9.46. The van der Waals surface area contributed by atoms with Crippen LogP contribution in [0.5, 0.6) is 5.75 Å². The summed E-state index contributed by atoms with van der Waals surface area (Å²) in [6.07, 6.45) is 1.73. The van der Waals surface area contributed by atoms with Gasteiger partial charge in [-0.15, -0.1) is 4.72 Å². The van der Waals surface area contributed by atoms with Gasteiger partial charge in [-0.1, -0.05) is 15.9 Å². The summed E-state index contributed by atoms with van der Waals surface area (Å²) in [7, 11) is 1.38. The van der Waals surface area contributed by atoms with Crippen molar-refractivity contribution >= 4 is 33.3 Å². The van der Waals surface area contributed by atoms with Gasteiger partial charge in [0.1, 0.15) is 22.1 Å². The molecule has 1 aromatic rings. The van der Waals surface area contributed by atoms with Gasteiger partial charge in [0.05, 0.1) is 26.7 Å². The Morgan fingerprint density at radius 3 is 2.71 bits per heavy atom. The van der Waals surface area contributed by atoms with E-state index in [0.29, 0.717) is 38.2 Å². The predicted octanol–water partition coefficient (Wildman–Crippen LogP) is 3.56. The molecule has 1 saturated carbocycles. The Bertz CT molecular complexity index is 840. The summed E-state index contributed by atoms with van der Waals surface area (Å²) in [5, 5.41) is 0. The molecule has 0 radical (unpaired) electrons. The first kappa shape index (κ1) is 23.3. The van der Waals surface area contributed by atoms with E-state index in [9.17, 15) is 9.35 Å². The number of halogens is 1. The Kier molecular flexibility index (Phi) is 6.39. The largest absolute Gasteiger partial charge is 0.598 e. The summed E-state index contributed by atoms with van der Waals surface area (Å²) in [5.41, 5.74) is -0.0941. The van der Waals surface area contributed by atoms with Gasteiger partial charge in [0, 0.05) is 40.2 Å². The Morgan fingerprint density at radius 1 is 1.35 bits per heavy atom. The predicted molar refractivity (Wildman–Crippen MR) is 120 cm³/mol. The van der Waals surface area contributed by atoms with Crippen molar-refractivity contribution in [1.82, 2.24) is 4.72 Å². The first-order valence-electron chi connectivity index (χ1n) is 10.6. The number of carbonyl (C=O) groups is 1. The van der Waals surface area contributed by atoms with E-state index in [1.165, 1.54) is 7.11 Å². The van der Waals surface area contributed by atoms with Crippen molar-refractivity contribution in [2.24, 2.45) is 5.92 Å². The van der Waals surface area contributed by atoms with Crippen molar-refractivity contribution in [3.8, 4) is 5.75 Å². The number of esters is 1. The van der Waals surface area contributed by atoms with Crippen molar-refractivity contribution in [2.45, 2.75) is 68.6 Å². The summed E-state index contributed by atoms with van der Waals surface area (Å²) in [5.74, 6) is -0.452. The Balaban J connectivity index is 1.82. The van der Waals surface area contributed by atoms with Gasteiger partial charge in [-0.3, -0.25) is 4.79 Å². The zero-order valence-electron chi connectivity index (χ0n) is 18.4. The van der Waals surface area contributed by atoms with Crippen LogP contribution < -0.4 is 9.46 Å². The molecule has 3 aliphatic rings. The number of fused-ring (bicyclic) bond motifs is 2. The maximum atomic E-state index is 13.4. The fourth-order valence-electron chi connectivity index (χ4n) is 4.89. The number of carbonyl (C=O) groups excluding carboxylic acids is 1. The molecule has 2 heterocycles. The fraction of sp³-hybridized carbons (Fsp3) is 0.682. The average molecular weight is 516 g/mol. The molecule has 1 spiro atoms. The van der Waals surface area contributed by atoms with Crippen LogP contribution in [0.1, 0.15) is 52.0 Å². The minimum Gasteiger partial charge on any atom is -0.598 e. The van der Waals surface area contributed by atoms with Gasteiger partial charge in [-0.25, -0.2) is 0 Å². The van der Waals surface area contributed by atoms with Gasteiger partial charge in [0.2, 0.25) is 0 Å². The van der Waals surface area contributed by atoms with E-state index < -0.39 is 27.4 Å². The van der Waals surface area contributed by atoms with Crippen LogP contribution in [0.3, 0.4) is 0 Å². The minimum atomic E-state index is -1.42. The molecule has 0 aromatic heterocycles. The van der Waals surface area contributed by atoms with Crippen molar-refractivity contribution < 1.29 is 28.3 Å². The molecular formula is C22H30BrNO6S. The number of nitrogens with one attached hydrogen (secondary N) is 1. The molecule has 172 valence electrons. The lowest BCUT2D eigenvalue weighted by molar-refractivity contribution is -0.211. The number of hydrogen-bond donors (Lipinski definition) is 1. The molecule has 4 atom stereocenters. The average Bonchev–Trinajstić information content (AvgIpc) is 3.15. The van der Waals surface area contributed by atoms with E-state index in [0.717, 1.165) is 10.0 Å². The maximum Gasteiger partial charge on any atom is 0.307 e. The molecule has 2 aliphatic heterocycles. The molecule has 9 heteroatoms. The molecule has 1 saturated heterocycles. The number of ether oxygens (including phenoxy) is 4. The number of hydrogen-bond acceptors (Lipinski definition) is 7. The maximum absolute atomic E-state index is 13.4. The van der Waals surface area contributed by atoms with E-state index in [2.05, 4.69) is 20.7 Å². The molecule has 4 rings (SSSR count). The first-order valence-corrected chi connectivity index (χ1v) is 12.5. The van der Waals surface area contributed by atoms with Gasteiger partial charge >= 0.3 is 5.97 Å². The minimum absolute atomic E-state index is 0.0496. The number of benzene rings is 1. The quantitative estimate of drug-likeness (QED) is 0.484. The monoisotopic (exact) mass is 515 g/mol. The van der Waals surface area contributed by atoms with Crippen LogP contribution in [-0.4, -0.2) is 47.5 Å². The summed E-state index contributed by atoms with van der Waals surface area (Å²) in [6.45, 7) is 6.88. The zero-order valence-corrected chi connectivity index (χ0v) is 20.8. The van der Waals surface area contributed by atoms with Crippen LogP contribution >= 0.6 is 15.9 Å². The normalized spacial score (nSPS) is 30.3. The number of methoxy groups -OCH3 is 1. The first-order chi connectivity index (χ1) is 14.6. The lowest BCUT2D eigenvalue weighted by Crippen LogP contribution is -2.63. The highest BCUT2D eigenvalue weighted by Gasteiger charge is 2.59. The SMILES string of the molecule is COC(=O)CC1(N[S+]([O-])C(C)(C)C)c2cc(Br)ccc2OC2CC3(CCC21)OCCO3. The van der Waals surface area contributed by atoms with Gasteiger partial charge < -0.3 is 23.5 Å². The molecule has 1 aliphatic carbocycles. The van der Waals surface area contributed by atoms with Crippen molar-refractivity contribution in [3.63, 3.8) is 0 Å². The molecule has 1 N–H and O–H groups in total. The second-order valence-corrected chi connectivity index (χ2v) is 12.3. The molecule has 1 aromatic carbocycles. The Labute approximate surface area is 195 Å². The van der Waals surface area contributed by atoms with Crippen LogP contribution in [0.15, 0.2) is 22.7 Å². The summed E-state index contributed by atoms with van der Waals surface area (Å²) in [4.78, 5) is 12.7. The van der Waals surface area contributed by atoms with Crippen molar-refractivity contribution in [1.29, 1.82) is 0 Å². The molecule has 4 unspecified atom stereocenters. The highest BCUT2D eigenvalue weighted by atomic mass is 79.9. The molecule has 0 amide bonds.